The number of ether oxygens (including phenoxy) is 14. The molecular weight excluding hydrogens is 786 g/mol. The average Bonchev–Trinajstić information content (AvgIpc) is 3.89. The van der Waals surface area contributed by atoms with Crippen LogP contribution in [0.4, 0.5) is 17.1 Å². The van der Waals surface area contributed by atoms with Crippen LogP contribution in [-0.4, -0.2) is 162 Å². The first-order valence-corrected chi connectivity index (χ1v) is 19.5. The molecule has 8 atom stereocenters. The van der Waals surface area contributed by atoms with Gasteiger partial charge in [-0.15, -0.1) is 0 Å². The van der Waals surface area contributed by atoms with Crippen LogP contribution >= 0.6 is 0 Å². The normalized spacial score (nSPS) is 29.3. The van der Waals surface area contributed by atoms with Gasteiger partial charge >= 0.3 is 0 Å². The van der Waals surface area contributed by atoms with Gasteiger partial charge in [-0.05, 0) is 61.5 Å². The number of benzene rings is 1. The van der Waals surface area contributed by atoms with Crippen LogP contribution in [0.3, 0.4) is 0 Å². The third-order valence-electron chi connectivity index (χ3n) is 10.3. The number of nitro benzene ring substituents is 2. The lowest BCUT2D eigenvalue weighted by Gasteiger charge is -2.34. The molecule has 5 rings (SSSR count). The Hall–Kier alpha value is -2.74. The predicted octanol–water partition coefficient (Wildman–Crippen LogP) is 3.66. The molecule has 0 unspecified atom stereocenters. The summed E-state index contributed by atoms with van der Waals surface area (Å²) in [7, 11) is 5.96. The molecule has 4 heterocycles. The van der Waals surface area contributed by atoms with E-state index in [4.69, 9.17) is 66.3 Å². The minimum atomic E-state index is -1.04. The topological polar surface area (TPSA) is 219 Å². The second-order valence-corrected chi connectivity index (χ2v) is 16.4. The van der Waals surface area contributed by atoms with Crippen molar-refractivity contribution in [2.45, 2.75) is 140 Å². The maximum Gasteiger partial charge on any atom is 0.299 e. The van der Waals surface area contributed by atoms with E-state index in [1.165, 1.54) is 40.6 Å². The molecule has 4 aliphatic heterocycles. The van der Waals surface area contributed by atoms with E-state index in [0.29, 0.717) is 0 Å². The van der Waals surface area contributed by atoms with Gasteiger partial charge in [0.05, 0.1) is 42.3 Å². The lowest BCUT2D eigenvalue weighted by molar-refractivity contribution is -0.393. The zero-order valence-corrected chi connectivity index (χ0v) is 35.9. The highest BCUT2D eigenvalue weighted by atomic mass is 16.8. The van der Waals surface area contributed by atoms with Crippen LogP contribution in [0.15, 0.2) is 18.2 Å². The summed E-state index contributed by atoms with van der Waals surface area (Å²) >= 11 is 0. The highest BCUT2D eigenvalue weighted by molar-refractivity contribution is 5.66. The molecule has 1 aromatic rings. The monoisotopic (exact) mass is 847 g/mol. The Balaban J connectivity index is 1.44. The van der Waals surface area contributed by atoms with Gasteiger partial charge in [0.1, 0.15) is 54.5 Å². The number of hydrogen-bond acceptors (Lipinski definition) is 19. The van der Waals surface area contributed by atoms with E-state index < -0.39 is 106 Å². The third-order valence-corrected chi connectivity index (χ3v) is 10.3. The molecule has 0 amide bonds. The maximum atomic E-state index is 12.4. The zero-order chi connectivity index (χ0) is 43.5. The van der Waals surface area contributed by atoms with Crippen LogP contribution < -0.4 is 4.90 Å². The van der Waals surface area contributed by atoms with Crippen LogP contribution in [0.5, 0.6) is 0 Å². The summed E-state index contributed by atoms with van der Waals surface area (Å²) in [4.78, 5) is 24.4. The number of hydrogen-bond donors (Lipinski definition) is 0. The molecule has 0 radical (unpaired) electrons. The Kier molecular flexibility index (Phi) is 15.3. The van der Waals surface area contributed by atoms with Crippen LogP contribution in [0, 0.1) is 20.2 Å². The van der Waals surface area contributed by atoms with E-state index in [-0.39, 0.29) is 45.2 Å². The molecule has 4 fully saturated rings. The number of nitro groups is 2. The third kappa shape index (κ3) is 11.6. The first kappa shape index (κ1) is 47.3. The molecule has 4 saturated heterocycles. The largest absolute Gasteiger partial charge is 0.371 e. The van der Waals surface area contributed by atoms with E-state index >= 15 is 0 Å². The Bertz CT molecular complexity index is 1500. The number of methoxy groups -OCH3 is 4. The van der Waals surface area contributed by atoms with Crippen LogP contribution in [0.1, 0.15) is 55.4 Å². The summed E-state index contributed by atoms with van der Waals surface area (Å²) in [6.45, 7) is 14.6. The molecule has 4 aliphatic rings. The highest BCUT2D eigenvalue weighted by Crippen LogP contribution is 2.40. The number of rotatable bonds is 21. The van der Waals surface area contributed by atoms with Gasteiger partial charge in [0.15, 0.2) is 35.7 Å². The van der Waals surface area contributed by atoms with Gasteiger partial charge < -0.3 is 71.2 Å². The summed E-state index contributed by atoms with van der Waals surface area (Å²) in [5.74, 6) is -3.93. The van der Waals surface area contributed by atoms with Crippen LogP contribution in [0.2, 0.25) is 0 Å². The van der Waals surface area contributed by atoms with Gasteiger partial charge in [0, 0.05) is 47.6 Å². The standard InChI is InChI=1S/C38H61N3O18/c1-35(2)52-20-25(54-35)27(29-31(33(46-9)47-10)58-37(5,6)56-29)50-17-15-39(23-14-13-22(40(42)43)19-24(23)41(44)45)16-18-51-28(26-21-53-36(3,4)55-26)30-32(34(48-11)49-12)59-38(7,8)57-30/h13-14,19,25-34H,15-18,20-21H2,1-12H3/t25-,26-,27-,28-,29+,30+,31-,32-/m1/s1. The first-order valence-electron chi connectivity index (χ1n) is 19.5. The lowest BCUT2D eigenvalue weighted by Crippen LogP contribution is -2.51. The van der Waals surface area contributed by atoms with Gasteiger partial charge in [0.2, 0.25) is 0 Å². The summed E-state index contributed by atoms with van der Waals surface area (Å²) in [6.07, 6.45) is -7.52. The summed E-state index contributed by atoms with van der Waals surface area (Å²) in [5.41, 5.74) is -0.822. The lowest BCUT2D eigenvalue weighted by atomic mass is 10.0. The van der Waals surface area contributed by atoms with E-state index in [1.54, 1.807) is 60.3 Å². The maximum absolute atomic E-state index is 12.4. The van der Waals surface area contributed by atoms with Gasteiger partial charge in [-0.25, -0.2) is 0 Å². The van der Waals surface area contributed by atoms with E-state index in [1.807, 2.05) is 0 Å². The molecule has 0 aromatic heterocycles. The van der Waals surface area contributed by atoms with Gasteiger partial charge in [-0.1, -0.05) is 0 Å². The Morgan fingerprint density at radius 3 is 1.37 bits per heavy atom. The van der Waals surface area contributed by atoms with Crippen LogP contribution in [-0.2, 0) is 66.3 Å². The molecule has 0 saturated carbocycles. The summed E-state index contributed by atoms with van der Waals surface area (Å²) in [5, 5.41) is 24.1. The van der Waals surface area contributed by atoms with Crippen molar-refractivity contribution in [2.75, 3.05) is 72.9 Å². The van der Waals surface area contributed by atoms with Crippen molar-refractivity contribution in [1.29, 1.82) is 0 Å². The quantitative estimate of drug-likeness (QED) is 0.0979. The molecule has 1 aromatic carbocycles. The van der Waals surface area contributed by atoms with Gasteiger partial charge in [-0.2, -0.15) is 0 Å². The predicted molar refractivity (Wildman–Crippen MR) is 205 cm³/mol. The Morgan fingerprint density at radius 1 is 0.627 bits per heavy atom. The number of nitrogens with zero attached hydrogens (tertiary/aromatic N) is 3. The van der Waals surface area contributed by atoms with Crippen molar-refractivity contribution < 1.29 is 76.2 Å². The fourth-order valence-electron chi connectivity index (χ4n) is 7.86. The van der Waals surface area contributed by atoms with E-state index in [2.05, 4.69) is 0 Å². The SMILES string of the molecule is COC(OC)[C@@H]1OC(C)(C)O[C@H]1[C@H](OCCN(CCO[C@@H]([C@@H]1OC(C)(C)O[C@H]1C(OC)OC)[C@H]1COC(C)(C)O1)c1ccc([N+](=O)[O-])cc1[N+](=O)[O-])[C@H]1COC(C)(C)O1. The number of anilines is 1. The number of non-ortho nitro benzene ring substituents is 1. The van der Waals surface area contributed by atoms with Crippen molar-refractivity contribution in [3.8, 4) is 0 Å². The van der Waals surface area contributed by atoms with Crippen molar-refractivity contribution in [3.63, 3.8) is 0 Å². The van der Waals surface area contributed by atoms with Gasteiger partial charge in [-0.3, -0.25) is 20.2 Å². The second kappa shape index (κ2) is 19.1. The van der Waals surface area contributed by atoms with Crippen molar-refractivity contribution >= 4 is 17.1 Å². The molecular formula is C38H61N3O18. The zero-order valence-electron chi connectivity index (χ0n) is 35.9. The fourth-order valence-corrected chi connectivity index (χ4v) is 7.86. The smallest absolute Gasteiger partial charge is 0.299 e. The molecule has 21 heteroatoms. The molecule has 0 bridgehead atoms. The molecule has 336 valence electrons. The van der Waals surface area contributed by atoms with Gasteiger partial charge in [0.25, 0.3) is 11.4 Å². The highest BCUT2D eigenvalue weighted by Gasteiger charge is 2.55. The minimum absolute atomic E-state index is 0.0346. The Morgan fingerprint density at radius 2 is 1.03 bits per heavy atom. The second-order valence-electron chi connectivity index (χ2n) is 16.4. The van der Waals surface area contributed by atoms with Crippen molar-refractivity contribution in [3.05, 3.63) is 38.4 Å². The fraction of sp³-hybridized carbons (Fsp3) is 0.842. The van der Waals surface area contributed by atoms with E-state index in [0.717, 1.165) is 6.07 Å². The molecule has 0 N–H and O–H groups in total. The van der Waals surface area contributed by atoms with Crippen molar-refractivity contribution in [2.24, 2.45) is 0 Å². The first-order chi connectivity index (χ1) is 27.6. The Labute approximate surface area is 344 Å². The summed E-state index contributed by atoms with van der Waals surface area (Å²) in [6, 6.07) is 3.46. The average molecular weight is 848 g/mol. The molecule has 21 nitrogen and oxygen atoms in total. The molecule has 0 spiro atoms. The summed E-state index contributed by atoms with van der Waals surface area (Å²) < 4.78 is 85.1. The van der Waals surface area contributed by atoms with Crippen molar-refractivity contribution in [1.82, 2.24) is 0 Å². The minimum Gasteiger partial charge on any atom is -0.371 e. The molecule has 59 heavy (non-hydrogen) atoms. The van der Waals surface area contributed by atoms with E-state index in [9.17, 15) is 20.2 Å². The molecule has 0 aliphatic carbocycles. The van der Waals surface area contributed by atoms with Crippen LogP contribution in [0.25, 0.3) is 0 Å².